The molecule has 0 bridgehead atoms. The first-order valence-electron chi connectivity index (χ1n) is 26.2. The van der Waals surface area contributed by atoms with Crippen molar-refractivity contribution in [3.63, 3.8) is 0 Å². The Balaban J connectivity index is 1.40. The van der Waals surface area contributed by atoms with Gasteiger partial charge in [-0.1, -0.05) is 78.9 Å². The van der Waals surface area contributed by atoms with Crippen LogP contribution in [-0.4, -0.2) is 158 Å². The van der Waals surface area contributed by atoms with E-state index in [-0.39, 0.29) is 62.5 Å². The summed E-state index contributed by atoms with van der Waals surface area (Å²) in [6, 6.07) is 12.8. The number of nitrogens with two attached hydrogens (primary N) is 4. The van der Waals surface area contributed by atoms with E-state index in [1.54, 1.807) is 66.9 Å². The van der Waals surface area contributed by atoms with Gasteiger partial charge in [0, 0.05) is 66.3 Å². The molecular formula is C54H72N16O10S2. The Morgan fingerprint density at radius 3 is 1.62 bits per heavy atom. The Hall–Kier alpha value is -8.47. The van der Waals surface area contributed by atoms with Gasteiger partial charge in [0.15, 0.2) is 5.96 Å². The summed E-state index contributed by atoms with van der Waals surface area (Å²) >= 11 is 8.46. The fourth-order valence-corrected chi connectivity index (χ4v) is 8.98. The average molecular weight is 1170 g/mol. The van der Waals surface area contributed by atoms with Gasteiger partial charge in [-0.3, -0.25) is 48.1 Å². The first kappa shape index (κ1) is 64.4. The molecule has 0 unspecified atom stereocenters. The number of guanidine groups is 1. The SMILES string of the molecule is C[C@H](NC(=O)[C@H](Cc1c[nH]c2ccccc12)NC(=O)[C@H](CCCN=C(N)N)NC(=O)[C@@H](Cc1ccccc1)NC(=O)[C@H](Cc1cnc[nH]1)NC(=O)[C@H](CS)NC(=O)[C@H](N)Cc1ccccc1)C(=O)N[C@H](CS)C(=O)N[C@H](C(N)=O)[C@@H](C)O. The normalized spacial score (nSPS) is 14.8. The van der Waals surface area contributed by atoms with Crippen molar-refractivity contribution in [2.75, 3.05) is 18.1 Å². The number of amides is 9. The summed E-state index contributed by atoms with van der Waals surface area (Å²) in [5.74, 6) is -8.25. The van der Waals surface area contributed by atoms with Crippen LogP contribution in [-0.2, 0) is 68.8 Å². The molecule has 0 aliphatic carbocycles. The van der Waals surface area contributed by atoms with E-state index in [0.29, 0.717) is 22.2 Å². The number of imidazole rings is 1. The number of nitrogens with zero attached hydrogens (tertiary/aromatic N) is 2. The maximum absolute atomic E-state index is 14.8. The maximum atomic E-state index is 14.8. The van der Waals surface area contributed by atoms with E-state index < -0.39 is 114 Å². The molecule has 10 atom stereocenters. The molecule has 5 rings (SSSR count). The zero-order valence-corrected chi connectivity index (χ0v) is 47.0. The fourth-order valence-electron chi connectivity index (χ4n) is 8.46. The van der Waals surface area contributed by atoms with E-state index in [0.717, 1.165) is 11.1 Å². The number of aromatic nitrogens is 3. The minimum Gasteiger partial charge on any atom is -0.391 e. The van der Waals surface area contributed by atoms with Gasteiger partial charge < -0.3 is 80.5 Å². The molecule has 82 heavy (non-hydrogen) atoms. The topological polar surface area (TPSA) is 431 Å². The Kier molecular flexibility index (Phi) is 25.2. The fraction of sp³-hybridized carbons (Fsp3) is 0.389. The Morgan fingerprint density at radius 2 is 1.06 bits per heavy atom. The van der Waals surface area contributed by atoms with Crippen LogP contribution in [0.15, 0.2) is 109 Å². The van der Waals surface area contributed by atoms with Crippen molar-refractivity contribution in [1.82, 2.24) is 57.5 Å². The van der Waals surface area contributed by atoms with Crippen LogP contribution in [0.5, 0.6) is 0 Å². The van der Waals surface area contributed by atoms with Gasteiger partial charge in [-0.2, -0.15) is 25.3 Å². The Labute approximate surface area is 483 Å². The van der Waals surface area contributed by atoms with Crippen molar-refractivity contribution >= 4 is 95.3 Å². The van der Waals surface area contributed by atoms with Gasteiger partial charge in [0.05, 0.1) is 18.5 Å². The number of carbonyl (C=O) groups excluding carboxylic acids is 9. The van der Waals surface area contributed by atoms with Crippen LogP contribution in [0.1, 0.15) is 49.1 Å². The molecule has 3 aromatic carbocycles. The second-order valence-corrected chi connectivity index (χ2v) is 20.1. The van der Waals surface area contributed by atoms with Crippen molar-refractivity contribution < 1.29 is 48.3 Å². The first-order chi connectivity index (χ1) is 39.2. The lowest BCUT2D eigenvalue weighted by atomic mass is 10.0. The van der Waals surface area contributed by atoms with Gasteiger partial charge in [-0.25, -0.2) is 4.98 Å². The maximum Gasteiger partial charge on any atom is 0.244 e. The molecule has 0 spiro atoms. The number of carbonyl (C=O) groups is 9. The highest BCUT2D eigenvalue weighted by Gasteiger charge is 2.35. The molecule has 0 fully saturated rings. The van der Waals surface area contributed by atoms with E-state index in [1.807, 2.05) is 24.3 Å². The number of aromatic amines is 2. The molecular weight excluding hydrogens is 1100 g/mol. The second-order valence-electron chi connectivity index (χ2n) is 19.4. The number of aliphatic hydroxyl groups is 1. The average Bonchev–Trinajstić information content (AvgIpc) is 4.14. The number of para-hydroxylation sites is 1. The smallest absolute Gasteiger partial charge is 0.244 e. The van der Waals surface area contributed by atoms with Gasteiger partial charge in [-0.05, 0) is 55.9 Å². The van der Waals surface area contributed by atoms with Crippen LogP contribution >= 0.6 is 25.3 Å². The number of rotatable bonds is 32. The highest BCUT2D eigenvalue weighted by Crippen LogP contribution is 2.20. The second kappa shape index (κ2) is 32.1. The largest absolute Gasteiger partial charge is 0.391 e. The standard InChI is InChI=1S/C54H72N16O10S2/c1-29(46(73)68-43(27-82)53(80)70-44(30(2)71)45(56)72)63-49(76)40(22-33-24-61-37-17-10-9-16-35(33)37)66-48(75)38(18-11-19-60-54(57)58)64-50(77)39(21-32-14-7-4-8-15-32)65-51(78)41(23-34-25-59-28-62-34)67-52(79)42(26-81)69-47(74)36(55)20-31-12-5-3-6-13-31/h3-10,12-17,24-25,28-30,36,38-44,61,71,81-82H,11,18-23,26-27,55H2,1-2H3,(H2,56,72)(H,59,62)(H,63,76)(H,64,77)(H,65,78)(H,66,75)(H,67,79)(H,68,73)(H,69,74)(H,70,80)(H4,57,58,60)/t29-,30+,36+,38-,39+,40-,41-,42-,43+,44-/m0/s1. The van der Waals surface area contributed by atoms with E-state index >= 15 is 0 Å². The summed E-state index contributed by atoms with van der Waals surface area (Å²) in [5.41, 5.74) is 25.9. The van der Waals surface area contributed by atoms with Crippen LogP contribution in [0.25, 0.3) is 10.9 Å². The molecule has 0 aliphatic heterocycles. The number of H-pyrrole nitrogens is 2. The minimum absolute atomic E-state index is 0.0211. The molecule has 9 amide bonds. The third-order valence-corrected chi connectivity index (χ3v) is 13.7. The summed E-state index contributed by atoms with van der Waals surface area (Å²) in [4.78, 5) is 138. The molecule has 5 aromatic rings. The van der Waals surface area contributed by atoms with Gasteiger partial charge in [0.2, 0.25) is 53.2 Å². The van der Waals surface area contributed by atoms with E-state index in [2.05, 4.69) is 87.7 Å². The lowest BCUT2D eigenvalue weighted by molar-refractivity contribution is -0.135. The summed E-state index contributed by atoms with van der Waals surface area (Å²) in [5, 5.41) is 31.5. The molecule has 0 saturated carbocycles. The number of primary amides is 1. The zero-order valence-electron chi connectivity index (χ0n) is 45.2. The molecule has 26 nitrogen and oxygen atoms in total. The molecule has 0 radical (unpaired) electrons. The Bertz CT molecular complexity index is 2980. The molecule has 28 heteroatoms. The number of aliphatic hydroxyl groups excluding tert-OH is 1. The lowest BCUT2D eigenvalue weighted by Crippen LogP contribution is -2.61. The molecule has 0 saturated heterocycles. The highest BCUT2D eigenvalue weighted by atomic mass is 32.1. The van der Waals surface area contributed by atoms with E-state index in [9.17, 15) is 48.3 Å². The third kappa shape index (κ3) is 20.0. The predicted molar refractivity (Wildman–Crippen MR) is 312 cm³/mol. The molecule has 0 aliphatic rings. The number of hydrogen-bond acceptors (Lipinski definition) is 15. The number of aliphatic imine (C=N–C) groups is 1. The first-order valence-corrected chi connectivity index (χ1v) is 27.5. The lowest BCUT2D eigenvalue weighted by Gasteiger charge is -2.28. The monoisotopic (exact) mass is 1170 g/mol. The molecule has 2 aromatic heterocycles. The number of nitrogens with one attached hydrogen (secondary N) is 10. The van der Waals surface area contributed by atoms with Gasteiger partial charge >= 0.3 is 0 Å². The van der Waals surface area contributed by atoms with Crippen molar-refractivity contribution in [2.45, 2.75) is 113 Å². The molecule has 2 heterocycles. The zero-order chi connectivity index (χ0) is 59.9. The Morgan fingerprint density at radius 1 is 0.573 bits per heavy atom. The van der Waals surface area contributed by atoms with Crippen LogP contribution in [0.4, 0.5) is 0 Å². The van der Waals surface area contributed by atoms with Crippen LogP contribution in [0.2, 0.25) is 0 Å². The minimum atomic E-state index is -1.48. The van der Waals surface area contributed by atoms with Crippen LogP contribution in [0, 0.1) is 0 Å². The van der Waals surface area contributed by atoms with Gasteiger partial charge in [0.1, 0.15) is 48.3 Å². The van der Waals surface area contributed by atoms with Crippen LogP contribution in [0.3, 0.4) is 0 Å². The van der Waals surface area contributed by atoms with Crippen LogP contribution < -0.4 is 65.5 Å². The number of fused-ring (bicyclic) bond motifs is 1. The summed E-state index contributed by atoms with van der Waals surface area (Å²) < 4.78 is 0. The highest BCUT2D eigenvalue weighted by molar-refractivity contribution is 7.80. The molecule has 19 N–H and O–H groups in total. The van der Waals surface area contributed by atoms with Gasteiger partial charge in [0.25, 0.3) is 0 Å². The summed E-state index contributed by atoms with van der Waals surface area (Å²) in [7, 11) is 0. The quantitative estimate of drug-likeness (QED) is 0.00894. The van der Waals surface area contributed by atoms with Crippen molar-refractivity contribution in [3.05, 3.63) is 126 Å². The number of hydrogen-bond donors (Lipinski definition) is 17. The summed E-state index contributed by atoms with van der Waals surface area (Å²) in [6.45, 7) is 2.59. The van der Waals surface area contributed by atoms with E-state index in [1.165, 1.54) is 26.4 Å². The van der Waals surface area contributed by atoms with Crippen molar-refractivity contribution in [2.24, 2.45) is 27.9 Å². The number of thiol groups is 2. The van der Waals surface area contributed by atoms with Gasteiger partial charge in [-0.15, -0.1) is 0 Å². The van der Waals surface area contributed by atoms with Crippen molar-refractivity contribution in [3.8, 4) is 0 Å². The summed E-state index contributed by atoms with van der Waals surface area (Å²) in [6.07, 6.45) is 2.89. The van der Waals surface area contributed by atoms with Crippen molar-refractivity contribution in [1.29, 1.82) is 0 Å². The molecule has 440 valence electrons. The van der Waals surface area contributed by atoms with E-state index in [4.69, 9.17) is 22.9 Å². The third-order valence-electron chi connectivity index (χ3n) is 12.9. The number of benzene rings is 3. The predicted octanol–water partition coefficient (Wildman–Crippen LogP) is -2.83.